The van der Waals surface area contributed by atoms with Gasteiger partial charge in [-0.1, -0.05) is 22.8 Å². The summed E-state index contributed by atoms with van der Waals surface area (Å²) in [5.41, 5.74) is 1.37. The molecule has 0 aromatic heterocycles. The molecule has 0 aliphatic carbocycles. The van der Waals surface area contributed by atoms with Crippen LogP contribution in [-0.4, -0.2) is 5.66 Å². The number of benzene rings is 1. The Morgan fingerprint density at radius 3 is 2.33 bits per heavy atom. The minimum atomic E-state index is -1.21. The molecule has 1 aromatic rings. The summed E-state index contributed by atoms with van der Waals surface area (Å²) >= 11 is 0. The zero-order valence-electron chi connectivity index (χ0n) is 7.74. The molecule has 1 rings (SSSR count). The Labute approximate surface area is 74.6 Å². The van der Waals surface area contributed by atoms with Crippen molar-refractivity contribution < 1.29 is 4.57 Å². The highest BCUT2D eigenvalue weighted by molar-refractivity contribution is 7.54. The maximum absolute atomic E-state index is 11.7. The van der Waals surface area contributed by atoms with Crippen molar-refractivity contribution in [3.63, 3.8) is 0 Å². The van der Waals surface area contributed by atoms with E-state index in [0.29, 0.717) is 0 Å². The van der Waals surface area contributed by atoms with Crippen molar-refractivity contribution in [1.29, 1.82) is 0 Å². The molecule has 0 fully saturated rings. The van der Waals surface area contributed by atoms with Crippen LogP contribution >= 0.6 is 7.80 Å². The van der Waals surface area contributed by atoms with E-state index in [0.717, 1.165) is 10.9 Å². The third-order valence-corrected chi connectivity index (χ3v) is 3.74. The summed E-state index contributed by atoms with van der Waals surface area (Å²) in [5.74, 6) is 0. The number of hydrogen-bond acceptors (Lipinski definition) is 1. The third kappa shape index (κ3) is 1.92. The zero-order chi connectivity index (χ0) is 9.14. The molecular weight excluding hydrogens is 167 g/mol. The minimum Gasteiger partial charge on any atom is -0.0678 e. The van der Waals surface area contributed by atoms with Crippen LogP contribution in [0.2, 0.25) is 0 Å². The minimum absolute atomic E-state index is 0.237. The molecule has 1 nitrogen and oxygen atoms in total. The molecule has 0 bridgehead atoms. The Morgan fingerprint density at radius 1 is 1.25 bits per heavy atom. The Bertz CT molecular complexity index is 292. The van der Waals surface area contributed by atoms with Crippen molar-refractivity contribution in [3.8, 4) is 0 Å². The van der Waals surface area contributed by atoms with Crippen molar-refractivity contribution in [2.24, 2.45) is 0 Å². The molecule has 0 heterocycles. The van der Waals surface area contributed by atoms with Crippen LogP contribution in [-0.2, 0) is 4.57 Å². The van der Waals surface area contributed by atoms with Crippen LogP contribution in [0.1, 0.15) is 19.4 Å². The van der Waals surface area contributed by atoms with Crippen LogP contribution in [0.5, 0.6) is 0 Å². The van der Waals surface area contributed by atoms with Gasteiger partial charge in [0.15, 0.2) is 11.0 Å². The normalized spacial score (nSPS) is 11.8. The molecule has 0 saturated carbocycles. The third-order valence-electron chi connectivity index (χ3n) is 1.82. The van der Waals surface area contributed by atoms with Gasteiger partial charge in [0, 0.05) is 5.56 Å². The van der Waals surface area contributed by atoms with E-state index in [4.69, 9.17) is 0 Å². The Hall–Kier alpha value is -0.680. The molecule has 2 heteroatoms. The maximum Gasteiger partial charge on any atom is 0.379 e. The summed E-state index contributed by atoms with van der Waals surface area (Å²) in [5, 5.41) is 1.00. The van der Waals surface area contributed by atoms with Gasteiger partial charge in [0.2, 0.25) is 0 Å². The van der Waals surface area contributed by atoms with Gasteiger partial charge in [-0.05, 0) is 26.8 Å². The summed E-state index contributed by atoms with van der Waals surface area (Å²) < 4.78 is 11.7. The predicted molar refractivity (Wildman–Crippen MR) is 53.6 cm³/mol. The first-order valence-corrected chi connectivity index (χ1v) is 5.48. The second-order valence-electron chi connectivity index (χ2n) is 3.21. The molecule has 0 N–H and O–H groups in total. The van der Waals surface area contributed by atoms with E-state index >= 15 is 0 Å². The lowest BCUT2D eigenvalue weighted by Gasteiger charge is -1.95. The summed E-state index contributed by atoms with van der Waals surface area (Å²) in [6, 6.07) is 7.87. The van der Waals surface area contributed by atoms with E-state index in [-0.39, 0.29) is 5.66 Å². The molecule has 1 unspecified atom stereocenters. The molecule has 0 radical (unpaired) electrons. The van der Waals surface area contributed by atoms with Crippen LogP contribution in [0.4, 0.5) is 0 Å². The number of hydrogen-bond donors (Lipinski definition) is 0. The summed E-state index contributed by atoms with van der Waals surface area (Å²) in [7, 11) is -1.21. The average molecular weight is 181 g/mol. The summed E-state index contributed by atoms with van der Waals surface area (Å²) in [4.78, 5) is 0. The lowest BCUT2D eigenvalue weighted by atomic mass is 10.2. The Kier molecular flexibility index (Phi) is 2.99. The SMILES string of the molecule is Cc1ccccc1[P+](=O)C(C)C. The summed E-state index contributed by atoms with van der Waals surface area (Å²) in [6.45, 7) is 5.99. The van der Waals surface area contributed by atoms with Gasteiger partial charge >= 0.3 is 7.80 Å². The summed E-state index contributed by atoms with van der Waals surface area (Å²) in [6.07, 6.45) is 0. The van der Waals surface area contributed by atoms with Crippen LogP contribution < -0.4 is 5.30 Å². The highest BCUT2D eigenvalue weighted by Crippen LogP contribution is 2.27. The van der Waals surface area contributed by atoms with Crippen LogP contribution in [0.3, 0.4) is 0 Å². The maximum atomic E-state index is 11.7. The molecule has 0 amide bonds. The first kappa shape index (κ1) is 9.41. The van der Waals surface area contributed by atoms with Gasteiger partial charge in [0.1, 0.15) is 0 Å². The van der Waals surface area contributed by atoms with E-state index in [2.05, 4.69) is 0 Å². The largest absolute Gasteiger partial charge is 0.379 e. The number of rotatable bonds is 2. The van der Waals surface area contributed by atoms with Gasteiger partial charge in [-0.2, -0.15) is 0 Å². The fourth-order valence-electron chi connectivity index (χ4n) is 1.09. The van der Waals surface area contributed by atoms with E-state index in [1.807, 2.05) is 45.0 Å². The molecule has 64 valence electrons. The van der Waals surface area contributed by atoms with Crippen molar-refractivity contribution in [1.82, 2.24) is 0 Å². The lowest BCUT2D eigenvalue weighted by Crippen LogP contribution is -2.05. The number of aryl methyl sites for hydroxylation is 1. The van der Waals surface area contributed by atoms with Crippen LogP contribution in [0.15, 0.2) is 24.3 Å². The van der Waals surface area contributed by atoms with Gasteiger partial charge < -0.3 is 0 Å². The monoisotopic (exact) mass is 181 g/mol. The molecule has 1 atom stereocenters. The first-order chi connectivity index (χ1) is 5.63. The molecule has 0 aliphatic rings. The topological polar surface area (TPSA) is 17.1 Å². The van der Waals surface area contributed by atoms with Gasteiger partial charge in [-0.15, -0.1) is 0 Å². The van der Waals surface area contributed by atoms with Crippen molar-refractivity contribution in [2.45, 2.75) is 26.4 Å². The second kappa shape index (κ2) is 3.82. The molecule has 0 saturated heterocycles. The fourth-order valence-corrected chi connectivity index (χ4v) is 2.30. The van der Waals surface area contributed by atoms with E-state index in [1.54, 1.807) is 0 Å². The average Bonchev–Trinajstić information content (AvgIpc) is 2.04. The van der Waals surface area contributed by atoms with Crippen LogP contribution in [0, 0.1) is 6.92 Å². The molecule has 1 aromatic carbocycles. The standard InChI is InChI=1S/C10H14OP/c1-8(2)12(11)10-7-5-4-6-9(10)3/h4-8H,1-3H3/q+1. The lowest BCUT2D eigenvalue weighted by molar-refractivity contribution is 0.588. The van der Waals surface area contributed by atoms with Gasteiger partial charge in [-0.3, -0.25) is 0 Å². The predicted octanol–water partition coefficient (Wildman–Crippen LogP) is 2.86. The first-order valence-electron chi connectivity index (χ1n) is 4.15. The molecule has 0 aliphatic heterocycles. The van der Waals surface area contributed by atoms with E-state index in [1.165, 1.54) is 0 Å². The fraction of sp³-hybridized carbons (Fsp3) is 0.400. The van der Waals surface area contributed by atoms with E-state index < -0.39 is 7.80 Å². The molecule has 12 heavy (non-hydrogen) atoms. The highest BCUT2D eigenvalue weighted by Gasteiger charge is 2.25. The van der Waals surface area contributed by atoms with Crippen molar-refractivity contribution >= 4 is 13.1 Å². The van der Waals surface area contributed by atoms with Gasteiger partial charge in [0.25, 0.3) is 0 Å². The van der Waals surface area contributed by atoms with E-state index in [9.17, 15) is 4.57 Å². The second-order valence-corrected chi connectivity index (χ2v) is 5.37. The Morgan fingerprint density at radius 2 is 1.83 bits per heavy atom. The zero-order valence-corrected chi connectivity index (χ0v) is 8.64. The Balaban J connectivity index is 3.03. The van der Waals surface area contributed by atoms with Gasteiger partial charge in [0.05, 0.1) is 0 Å². The quantitative estimate of drug-likeness (QED) is 0.641. The molecular formula is C10H14OP+. The van der Waals surface area contributed by atoms with Crippen LogP contribution in [0.25, 0.3) is 0 Å². The van der Waals surface area contributed by atoms with Gasteiger partial charge in [-0.25, -0.2) is 0 Å². The smallest absolute Gasteiger partial charge is 0.0678 e. The molecule has 0 spiro atoms. The van der Waals surface area contributed by atoms with Crippen molar-refractivity contribution in [2.75, 3.05) is 0 Å². The highest BCUT2D eigenvalue weighted by atomic mass is 31.1. The van der Waals surface area contributed by atoms with Crippen molar-refractivity contribution in [3.05, 3.63) is 29.8 Å².